The Morgan fingerprint density at radius 1 is 1.00 bits per heavy atom. The minimum absolute atomic E-state index is 0.00627. The van der Waals surface area contributed by atoms with Gasteiger partial charge >= 0.3 is 0 Å². The number of carbonyl (C=O) groups is 1. The molecule has 0 atom stereocenters. The fourth-order valence-corrected chi connectivity index (χ4v) is 4.62. The van der Waals surface area contributed by atoms with Gasteiger partial charge in [-0.25, -0.2) is 18.2 Å². The summed E-state index contributed by atoms with van der Waals surface area (Å²) >= 11 is 0. The van der Waals surface area contributed by atoms with Gasteiger partial charge in [0.1, 0.15) is 23.9 Å². The molecule has 0 spiro atoms. The normalized spacial score (nSPS) is 11.6. The Hall–Kier alpha value is -3.92. The highest BCUT2D eigenvalue weighted by Crippen LogP contribution is 2.35. The van der Waals surface area contributed by atoms with Crippen LogP contribution >= 0.6 is 0 Å². The van der Waals surface area contributed by atoms with Crippen LogP contribution < -0.4 is 19.2 Å². The molecule has 0 fully saturated rings. The highest BCUT2D eigenvalue weighted by Gasteiger charge is 2.30. The molecule has 0 aliphatic rings. The van der Waals surface area contributed by atoms with Crippen molar-refractivity contribution in [3.63, 3.8) is 0 Å². The van der Waals surface area contributed by atoms with E-state index in [2.05, 4.69) is 10.5 Å². The molecule has 0 bridgehead atoms. The number of rotatable bonds is 9. The lowest BCUT2D eigenvalue weighted by Crippen LogP contribution is -2.40. The first kappa shape index (κ1) is 25.7. The molecule has 0 aliphatic heterocycles. The van der Waals surface area contributed by atoms with E-state index in [0.717, 1.165) is 9.87 Å². The Morgan fingerprint density at radius 3 is 2.26 bits per heavy atom. The zero-order valence-corrected chi connectivity index (χ0v) is 20.6. The van der Waals surface area contributed by atoms with Gasteiger partial charge in [0.05, 0.1) is 30.5 Å². The first-order valence-electron chi connectivity index (χ1n) is 10.6. The second-order valence-electron chi connectivity index (χ2n) is 7.60. The summed E-state index contributed by atoms with van der Waals surface area (Å²) in [5.74, 6) is -0.461. The summed E-state index contributed by atoms with van der Waals surface area (Å²) in [6.45, 7) is 2.90. The van der Waals surface area contributed by atoms with Gasteiger partial charge in [-0.15, -0.1) is 0 Å². The number of carbonyl (C=O) groups excluding carboxylic acids is 1. The van der Waals surface area contributed by atoms with Crippen LogP contribution in [0.1, 0.15) is 18.1 Å². The lowest BCUT2D eigenvalue weighted by molar-refractivity contribution is -0.119. The number of halogens is 1. The molecule has 1 N–H and O–H groups in total. The van der Waals surface area contributed by atoms with Gasteiger partial charge in [-0.2, -0.15) is 5.10 Å². The quantitative estimate of drug-likeness (QED) is 0.356. The minimum Gasteiger partial charge on any atom is -0.497 e. The van der Waals surface area contributed by atoms with E-state index in [4.69, 9.17) is 9.47 Å². The van der Waals surface area contributed by atoms with Crippen molar-refractivity contribution in [1.82, 2.24) is 5.43 Å². The average Bonchev–Trinajstić information content (AvgIpc) is 2.86. The van der Waals surface area contributed by atoms with Crippen molar-refractivity contribution in [3.8, 4) is 11.5 Å². The molecule has 0 aliphatic carbocycles. The Morgan fingerprint density at radius 2 is 1.66 bits per heavy atom. The number of aryl methyl sites for hydroxylation is 1. The predicted octanol–water partition coefficient (Wildman–Crippen LogP) is 3.89. The maximum Gasteiger partial charge on any atom is 0.264 e. The van der Waals surface area contributed by atoms with Crippen LogP contribution in [0.4, 0.5) is 10.1 Å². The minimum atomic E-state index is -4.17. The van der Waals surface area contributed by atoms with Crippen LogP contribution in [0.15, 0.2) is 76.7 Å². The van der Waals surface area contributed by atoms with Gasteiger partial charge in [0.15, 0.2) is 0 Å². The van der Waals surface area contributed by atoms with Crippen LogP contribution in [0.25, 0.3) is 0 Å². The third-order valence-electron chi connectivity index (χ3n) is 5.16. The number of methoxy groups -OCH3 is 2. The Balaban J connectivity index is 1.97. The van der Waals surface area contributed by atoms with Gasteiger partial charge in [-0.1, -0.05) is 29.8 Å². The second-order valence-corrected chi connectivity index (χ2v) is 9.46. The Labute approximate surface area is 204 Å². The van der Waals surface area contributed by atoms with Crippen molar-refractivity contribution >= 4 is 27.3 Å². The van der Waals surface area contributed by atoms with Crippen molar-refractivity contribution < 1.29 is 27.1 Å². The van der Waals surface area contributed by atoms with Gasteiger partial charge in [0.25, 0.3) is 15.9 Å². The topological polar surface area (TPSA) is 97.3 Å². The van der Waals surface area contributed by atoms with Crippen molar-refractivity contribution in [2.75, 3.05) is 25.1 Å². The van der Waals surface area contributed by atoms with Crippen LogP contribution in [0, 0.1) is 12.7 Å². The van der Waals surface area contributed by atoms with E-state index in [0.29, 0.717) is 17.0 Å². The van der Waals surface area contributed by atoms with Crippen molar-refractivity contribution in [3.05, 3.63) is 83.7 Å². The number of ether oxygens (including phenoxy) is 2. The highest BCUT2D eigenvalue weighted by atomic mass is 32.2. The molecule has 0 heterocycles. The van der Waals surface area contributed by atoms with E-state index in [1.807, 2.05) is 6.92 Å². The summed E-state index contributed by atoms with van der Waals surface area (Å²) in [6, 6.07) is 16.5. The largest absolute Gasteiger partial charge is 0.497 e. The molecule has 0 radical (unpaired) electrons. The maximum absolute atomic E-state index is 13.6. The molecule has 3 aromatic carbocycles. The van der Waals surface area contributed by atoms with E-state index in [-0.39, 0.29) is 16.3 Å². The number of hydrazone groups is 1. The third kappa shape index (κ3) is 6.15. The predicted molar refractivity (Wildman–Crippen MR) is 132 cm³/mol. The van der Waals surface area contributed by atoms with Gasteiger partial charge in [-0.3, -0.25) is 9.10 Å². The summed E-state index contributed by atoms with van der Waals surface area (Å²) in [7, 11) is -1.32. The smallest absolute Gasteiger partial charge is 0.264 e. The number of anilines is 1. The molecule has 0 saturated heterocycles. The molecule has 1 amide bonds. The van der Waals surface area contributed by atoms with E-state index >= 15 is 0 Å². The van der Waals surface area contributed by atoms with Gasteiger partial charge < -0.3 is 9.47 Å². The van der Waals surface area contributed by atoms with Gasteiger partial charge in [0, 0.05) is 6.07 Å². The number of hydrogen-bond acceptors (Lipinski definition) is 6. The Bertz CT molecular complexity index is 1320. The molecular weight excluding hydrogens is 473 g/mol. The zero-order valence-electron chi connectivity index (χ0n) is 19.8. The molecule has 8 nitrogen and oxygen atoms in total. The van der Waals surface area contributed by atoms with E-state index < -0.39 is 28.3 Å². The summed E-state index contributed by atoms with van der Waals surface area (Å²) in [5, 5.41) is 4.03. The van der Waals surface area contributed by atoms with E-state index in [1.165, 1.54) is 56.7 Å². The van der Waals surface area contributed by atoms with Crippen molar-refractivity contribution in [1.29, 1.82) is 0 Å². The molecule has 0 unspecified atom stereocenters. The average molecular weight is 500 g/mol. The van der Waals surface area contributed by atoms with Crippen LogP contribution in [0.2, 0.25) is 0 Å². The second kappa shape index (κ2) is 11.0. The number of amides is 1. The Kier molecular flexibility index (Phi) is 8.08. The number of hydrogen-bond donors (Lipinski definition) is 1. The number of nitrogens with one attached hydrogen (secondary N) is 1. The summed E-state index contributed by atoms with van der Waals surface area (Å²) in [6.07, 6.45) is 0. The fourth-order valence-electron chi connectivity index (χ4n) is 3.20. The standard InChI is InChI=1S/C25H26FN3O5S/c1-17-5-12-22(13-6-17)35(31,32)29(23-15-21(33-3)11-14-24(23)34-4)16-25(30)28-27-18(2)19-7-9-20(26)10-8-19/h5-15H,16H2,1-4H3,(H,28,30)/b27-18-. The number of sulfonamides is 1. The zero-order chi connectivity index (χ0) is 25.6. The van der Waals surface area contributed by atoms with E-state index in [1.54, 1.807) is 31.2 Å². The lowest BCUT2D eigenvalue weighted by Gasteiger charge is -2.25. The van der Waals surface area contributed by atoms with Gasteiger partial charge in [-0.05, 0) is 55.8 Å². The lowest BCUT2D eigenvalue weighted by atomic mass is 10.1. The summed E-state index contributed by atoms with van der Waals surface area (Å²) in [4.78, 5) is 12.9. The fraction of sp³-hybridized carbons (Fsp3) is 0.200. The summed E-state index contributed by atoms with van der Waals surface area (Å²) < 4.78 is 52.0. The van der Waals surface area contributed by atoms with Crippen LogP contribution in [-0.4, -0.2) is 40.8 Å². The molecule has 3 rings (SSSR count). The number of benzene rings is 3. The first-order valence-corrected chi connectivity index (χ1v) is 12.0. The monoisotopic (exact) mass is 499 g/mol. The molecule has 10 heteroatoms. The molecule has 0 aromatic heterocycles. The summed E-state index contributed by atoms with van der Waals surface area (Å²) in [5.41, 5.74) is 4.41. The van der Waals surface area contributed by atoms with E-state index in [9.17, 15) is 17.6 Å². The molecular formula is C25H26FN3O5S. The van der Waals surface area contributed by atoms with Crippen molar-refractivity contribution in [2.45, 2.75) is 18.7 Å². The number of nitrogens with zero attached hydrogens (tertiary/aromatic N) is 2. The van der Waals surface area contributed by atoms with Crippen LogP contribution in [0.5, 0.6) is 11.5 Å². The van der Waals surface area contributed by atoms with Crippen LogP contribution in [0.3, 0.4) is 0 Å². The third-order valence-corrected chi connectivity index (χ3v) is 6.94. The highest BCUT2D eigenvalue weighted by molar-refractivity contribution is 7.92. The SMILES string of the molecule is COc1ccc(OC)c(N(CC(=O)N/N=C(/C)c2ccc(F)cc2)S(=O)(=O)c2ccc(C)cc2)c1. The molecule has 3 aromatic rings. The van der Waals surface area contributed by atoms with Gasteiger partial charge in [0.2, 0.25) is 0 Å². The van der Waals surface area contributed by atoms with Crippen LogP contribution in [-0.2, 0) is 14.8 Å². The first-order chi connectivity index (χ1) is 16.6. The molecule has 35 heavy (non-hydrogen) atoms. The molecule has 184 valence electrons. The maximum atomic E-state index is 13.6. The molecule has 0 saturated carbocycles. The van der Waals surface area contributed by atoms with Crippen molar-refractivity contribution in [2.24, 2.45) is 5.10 Å².